The number of likely N-dealkylation sites (tertiary alicyclic amines) is 1. The van der Waals surface area contributed by atoms with Gasteiger partial charge in [-0.1, -0.05) is 23.2 Å². The number of benzene rings is 2. The van der Waals surface area contributed by atoms with Crippen LogP contribution in [0.5, 0.6) is 5.75 Å². The number of rotatable bonds is 8. The van der Waals surface area contributed by atoms with E-state index in [0.717, 1.165) is 43.4 Å². The molecule has 0 bridgehead atoms. The van der Waals surface area contributed by atoms with Crippen molar-refractivity contribution in [3.05, 3.63) is 62.9 Å². The third kappa shape index (κ3) is 5.37. The van der Waals surface area contributed by atoms with Gasteiger partial charge in [0.1, 0.15) is 17.7 Å². The van der Waals surface area contributed by atoms with Crippen molar-refractivity contribution in [2.75, 3.05) is 26.8 Å². The highest BCUT2D eigenvalue weighted by Crippen LogP contribution is 2.45. The van der Waals surface area contributed by atoms with Crippen LogP contribution in [0, 0.1) is 5.82 Å². The second-order valence-corrected chi connectivity index (χ2v) is 9.37. The lowest BCUT2D eigenvalue weighted by Gasteiger charge is -2.38. The molecule has 1 N–H and O–H groups in total. The summed E-state index contributed by atoms with van der Waals surface area (Å²) in [6.07, 6.45) is 3.52. The number of carbonyl (C=O) groups is 1. The van der Waals surface area contributed by atoms with Crippen molar-refractivity contribution in [1.29, 1.82) is 0 Å². The van der Waals surface area contributed by atoms with Gasteiger partial charge in [-0.2, -0.15) is 0 Å². The first-order valence-electron chi connectivity index (χ1n) is 10.8. The van der Waals surface area contributed by atoms with Crippen LogP contribution >= 0.6 is 23.2 Å². The maximum Gasteiger partial charge on any atom is 0.338 e. The lowest BCUT2D eigenvalue weighted by molar-refractivity contribution is 0.0284. The predicted molar refractivity (Wildman–Crippen MR) is 122 cm³/mol. The molecule has 0 amide bonds. The number of piperidine rings is 1. The number of hydrogen-bond donors (Lipinski definition) is 1. The van der Waals surface area contributed by atoms with Crippen molar-refractivity contribution in [2.45, 2.75) is 43.7 Å². The molecular weight excluding hydrogens is 456 g/mol. The minimum Gasteiger partial charge on any atom is -0.489 e. The number of carboxylic acids is 1. The first kappa shape index (κ1) is 23.3. The molecule has 1 unspecified atom stereocenters. The van der Waals surface area contributed by atoms with E-state index >= 15 is 0 Å². The van der Waals surface area contributed by atoms with Crippen molar-refractivity contribution < 1.29 is 23.8 Å². The molecule has 1 aliphatic carbocycles. The summed E-state index contributed by atoms with van der Waals surface area (Å²) in [5.74, 6) is -1.34. The highest BCUT2D eigenvalue weighted by atomic mass is 35.5. The van der Waals surface area contributed by atoms with Crippen LogP contribution in [-0.2, 0) is 4.74 Å². The van der Waals surface area contributed by atoms with E-state index in [2.05, 4.69) is 4.90 Å². The number of carboxylic acid groups (broad SMARTS) is 1. The Morgan fingerprint density at radius 3 is 2.53 bits per heavy atom. The van der Waals surface area contributed by atoms with Gasteiger partial charge in [0.15, 0.2) is 0 Å². The van der Waals surface area contributed by atoms with Gasteiger partial charge in [0.2, 0.25) is 0 Å². The molecule has 4 rings (SSSR count). The SMILES string of the molecule is COC[C@@H](c1cc(Cl)cc(Cl)c1)N1CCCC(Oc2cc(F)c(C(=O)O)cc2C2CC2)C1. The van der Waals surface area contributed by atoms with Crippen molar-refractivity contribution >= 4 is 29.2 Å². The Hall–Kier alpha value is -1.86. The zero-order chi connectivity index (χ0) is 22.8. The van der Waals surface area contributed by atoms with Gasteiger partial charge in [0, 0.05) is 29.8 Å². The summed E-state index contributed by atoms with van der Waals surface area (Å²) in [5.41, 5.74) is 1.46. The largest absolute Gasteiger partial charge is 0.489 e. The number of ether oxygens (including phenoxy) is 2. The maximum atomic E-state index is 14.4. The molecular formula is C24H26Cl2FNO4. The molecule has 1 aliphatic heterocycles. The van der Waals surface area contributed by atoms with Gasteiger partial charge in [0.05, 0.1) is 18.2 Å². The molecule has 5 nitrogen and oxygen atoms in total. The van der Waals surface area contributed by atoms with Crippen molar-refractivity contribution in [1.82, 2.24) is 4.90 Å². The van der Waals surface area contributed by atoms with Gasteiger partial charge >= 0.3 is 5.97 Å². The summed E-state index contributed by atoms with van der Waals surface area (Å²) in [7, 11) is 1.66. The second-order valence-electron chi connectivity index (χ2n) is 8.50. The fraction of sp³-hybridized carbons (Fsp3) is 0.458. The molecule has 1 saturated carbocycles. The quantitative estimate of drug-likeness (QED) is 0.505. The molecule has 2 aromatic rings. The number of aromatic carboxylic acids is 1. The standard InChI is InChI=1S/C24H26Cl2FNO4/c1-31-13-22(15-7-16(25)9-17(26)8-15)28-6-2-3-18(12-28)32-23-11-21(27)20(24(29)30)10-19(23)14-4-5-14/h7-11,14,18,22H,2-6,12-13H2,1H3,(H,29,30)/t18?,22-/m0/s1. The molecule has 32 heavy (non-hydrogen) atoms. The van der Waals surface area contributed by atoms with Gasteiger partial charge in [-0.15, -0.1) is 0 Å². The van der Waals surface area contributed by atoms with Crippen molar-refractivity contribution in [3.8, 4) is 5.75 Å². The molecule has 0 spiro atoms. The first-order valence-corrected chi connectivity index (χ1v) is 11.5. The Balaban J connectivity index is 1.55. The molecule has 172 valence electrons. The minimum atomic E-state index is -1.26. The molecule has 2 fully saturated rings. The topological polar surface area (TPSA) is 59.0 Å². The Kier molecular flexibility index (Phi) is 7.25. The average Bonchev–Trinajstić information content (AvgIpc) is 3.56. The zero-order valence-corrected chi connectivity index (χ0v) is 19.3. The number of methoxy groups -OCH3 is 1. The van der Waals surface area contributed by atoms with Crippen LogP contribution in [0.4, 0.5) is 4.39 Å². The molecule has 0 aromatic heterocycles. The van der Waals surface area contributed by atoms with Crippen LogP contribution in [0.15, 0.2) is 30.3 Å². The number of hydrogen-bond acceptors (Lipinski definition) is 4. The zero-order valence-electron chi connectivity index (χ0n) is 17.8. The van der Waals surface area contributed by atoms with E-state index < -0.39 is 11.8 Å². The molecule has 1 heterocycles. The van der Waals surface area contributed by atoms with E-state index in [1.165, 1.54) is 12.1 Å². The smallest absolute Gasteiger partial charge is 0.338 e. The molecule has 0 radical (unpaired) electrons. The van der Waals surface area contributed by atoms with Crippen molar-refractivity contribution in [2.24, 2.45) is 0 Å². The summed E-state index contributed by atoms with van der Waals surface area (Å²) < 4.78 is 26.2. The molecule has 2 atom stereocenters. The average molecular weight is 482 g/mol. The van der Waals surface area contributed by atoms with E-state index in [9.17, 15) is 14.3 Å². The Bertz CT molecular complexity index is 978. The molecule has 1 saturated heterocycles. The van der Waals surface area contributed by atoms with Crippen LogP contribution in [0.3, 0.4) is 0 Å². The highest BCUT2D eigenvalue weighted by molar-refractivity contribution is 6.34. The number of nitrogens with zero attached hydrogens (tertiary/aromatic N) is 1. The van der Waals surface area contributed by atoms with E-state index in [4.69, 9.17) is 32.7 Å². The summed E-state index contributed by atoms with van der Waals surface area (Å²) in [5, 5.41) is 10.4. The lowest BCUT2D eigenvalue weighted by Crippen LogP contribution is -2.44. The molecule has 8 heteroatoms. The van der Waals surface area contributed by atoms with Crippen molar-refractivity contribution in [3.63, 3.8) is 0 Å². The van der Waals surface area contributed by atoms with E-state index in [0.29, 0.717) is 28.9 Å². The van der Waals surface area contributed by atoms with Crippen LogP contribution < -0.4 is 4.74 Å². The van der Waals surface area contributed by atoms with Crippen LogP contribution in [0.25, 0.3) is 0 Å². The van der Waals surface area contributed by atoms with Gasteiger partial charge in [-0.25, -0.2) is 9.18 Å². The van der Waals surface area contributed by atoms with Crippen LogP contribution in [-0.4, -0.2) is 48.9 Å². The Morgan fingerprint density at radius 2 is 1.91 bits per heavy atom. The third-order valence-corrected chi connectivity index (χ3v) is 6.52. The van der Waals surface area contributed by atoms with E-state index in [-0.39, 0.29) is 23.6 Å². The third-order valence-electron chi connectivity index (χ3n) is 6.09. The molecule has 2 aromatic carbocycles. The van der Waals surface area contributed by atoms with E-state index in [1.54, 1.807) is 13.2 Å². The lowest BCUT2D eigenvalue weighted by atomic mass is 10.0. The Labute approximate surface area is 197 Å². The van der Waals surface area contributed by atoms with Crippen LogP contribution in [0.2, 0.25) is 10.0 Å². The van der Waals surface area contributed by atoms with Gasteiger partial charge in [0.25, 0.3) is 0 Å². The summed E-state index contributed by atoms with van der Waals surface area (Å²) >= 11 is 12.5. The summed E-state index contributed by atoms with van der Waals surface area (Å²) in [4.78, 5) is 13.6. The number of halogens is 3. The fourth-order valence-corrected chi connectivity index (χ4v) is 4.96. The molecule has 2 aliphatic rings. The predicted octanol–water partition coefficient (Wildman–Crippen LogP) is 5.94. The maximum absolute atomic E-state index is 14.4. The van der Waals surface area contributed by atoms with Gasteiger partial charge in [-0.3, -0.25) is 4.90 Å². The van der Waals surface area contributed by atoms with Crippen LogP contribution in [0.1, 0.15) is 59.1 Å². The fourth-order valence-electron chi connectivity index (χ4n) is 4.41. The van der Waals surface area contributed by atoms with E-state index in [1.807, 2.05) is 12.1 Å². The highest BCUT2D eigenvalue weighted by Gasteiger charge is 2.32. The second kappa shape index (κ2) is 9.96. The summed E-state index contributed by atoms with van der Waals surface area (Å²) in [6.45, 7) is 1.96. The Morgan fingerprint density at radius 1 is 1.19 bits per heavy atom. The minimum absolute atomic E-state index is 0.0448. The van der Waals surface area contributed by atoms with Gasteiger partial charge < -0.3 is 14.6 Å². The normalized spacial score (nSPS) is 20.2. The summed E-state index contributed by atoms with van der Waals surface area (Å²) in [6, 6.07) is 8.12. The first-order chi connectivity index (χ1) is 15.4. The van der Waals surface area contributed by atoms with Gasteiger partial charge in [-0.05, 0) is 73.5 Å². The monoisotopic (exact) mass is 481 g/mol.